The molecule has 3 rings (SSSR count). The highest BCUT2D eigenvalue weighted by Gasteiger charge is 2.21. The molecule has 0 aromatic heterocycles. The van der Waals surface area contributed by atoms with Crippen LogP contribution in [0.15, 0.2) is 48.5 Å². The van der Waals surface area contributed by atoms with Gasteiger partial charge in [0.05, 0.1) is 33.4 Å². The number of morpholine rings is 1. The number of benzene rings is 2. The van der Waals surface area contributed by atoms with Gasteiger partial charge >= 0.3 is 0 Å². The Kier molecular flexibility index (Phi) is 7.28. The van der Waals surface area contributed by atoms with Crippen molar-refractivity contribution >= 4 is 5.91 Å². The van der Waals surface area contributed by atoms with Crippen molar-refractivity contribution in [2.24, 2.45) is 0 Å². The Morgan fingerprint density at radius 3 is 2.68 bits per heavy atom. The zero-order chi connectivity index (χ0) is 19.8. The Labute approximate surface area is 166 Å². The molecule has 1 saturated heterocycles. The Bertz CT molecular complexity index is 766. The van der Waals surface area contributed by atoms with E-state index >= 15 is 0 Å². The summed E-state index contributed by atoms with van der Waals surface area (Å²) >= 11 is 0. The maximum absolute atomic E-state index is 12.3. The number of nitrogens with zero attached hydrogens (tertiary/aromatic N) is 1. The first kappa shape index (κ1) is 20.2. The highest BCUT2D eigenvalue weighted by Crippen LogP contribution is 2.27. The third kappa shape index (κ3) is 5.47. The SMILES string of the molecule is COc1ccc(CC(=O)NCCN2CCOC(c3ccccc3)C2)cc1OC. The summed E-state index contributed by atoms with van der Waals surface area (Å²) in [6.07, 6.45) is 0.410. The summed E-state index contributed by atoms with van der Waals surface area (Å²) in [5.74, 6) is 1.29. The molecule has 0 radical (unpaired) electrons. The maximum atomic E-state index is 12.3. The third-order valence-electron chi connectivity index (χ3n) is 4.88. The molecular formula is C22H28N2O4. The minimum Gasteiger partial charge on any atom is -0.493 e. The molecule has 1 N–H and O–H groups in total. The van der Waals surface area contributed by atoms with Gasteiger partial charge in [-0.3, -0.25) is 9.69 Å². The predicted octanol–water partition coefficient (Wildman–Crippen LogP) is 2.44. The largest absolute Gasteiger partial charge is 0.493 e. The van der Waals surface area contributed by atoms with E-state index in [4.69, 9.17) is 14.2 Å². The highest BCUT2D eigenvalue weighted by molar-refractivity contribution is 5.78. The number of rotatable bonds is 8. The molecule has 0 bridgehead atoms. The molecule has 2 aromatic rings. The lowest BCUT2D eigenvalue weighted by molar-refractivity contribution is -0.120. The molecule has 1 fully saturated rings. The van der Waals surface area contributed by atoms with E-state index in [-0.39, 0.29) is 12.0 Å². The molecule has 1 aliphatic rings. The number of ether oxygens (including phenoxy) is 3. The lowest BCUT2D eigenvalue weighted by Gasteiger charge is -2.33. The zero-order valence-corrected chi connectivity index (χ0v) is 16.5. The monoisotopic (exact) mass is 384 g/mol. The lowest BCUT2D eigenvalue weighted by Crippen LogP contribution is -2.42. The van der Waals surface area contributed by atoms with Gasteiger partial charge in [-0.25, -0.2) is 0 Å². The van der Waals surface area contributed by atoms with E-state index in [0.29, 0.717) is 31.1 Å². The molecule has 150 valence electrons. The van der Waals surface area contributed by atoms with Crippen LogP contribution < -0.4 is 14.8 Å². The summed E-state index contributed by atoms with van der Waals surface area (Å²) < 4.78 is 16.4. The minimum atomic E-state index is 0.0000821. The molecule has 1 heterocycles. The standard InChI is InChI=1S/C22H28N2O4/c1-26-19-9-8-17(14-20(19)27-2)15-22(25)23-10-11-24-12-13-28-21(16-24)18-6-4-3-5-7-18/h3-9,14,21H,10-13,15-16H2,1-2H3,(H,23,25). The first-order chi connectivity index (χ1) is 13.7. The molecule has 1 amide bonds. The Hall–Kier alpha value is -2.57. The first-order valence-corrected chi connectivity index (χ1v) is 9.56. The zero-order valence-electron chi connectivity index (χ0n) is 16.5. The van der Waals surface area contributed by atoms with Crippen LogP contribution in [-0.4, -0.2) is 57.8 Å². The number of methoxy groups -OCH3 is 2. The second-order valence-corrected chi connectivity index (χ2v) is 6.79. The van der Waals surface area contributed by atoms with E-state index in [1.54, 1.807) is 14.2 Å². The molecule has 1 atom stereocenters. The van der Waals surface area contributed by atoms with Gasteiger partial charge in [-0.2, -0.15) is 0 Å². The fourth-order valence-corrected chi connectivity index (χ4v) is 3.37. The molecule has 28 heavy (non-hydrogen) atoms. The van der Waals surface area contributed by atoms with E-state index in [2.05, 4.69) is 22.3 Å². The van der Waals surface area contributed by atoms with E-state index < -0.39 is 0 Å². The molecule has 0 saturated carbocycles. The molecule has 6 nitrogen and oxygen atoms in total. The van der Waals surface area contributed by atoms with Crippen molar-refractivity contribution < 1.29 is 19.0 Å². The van der Waals surface area contributed by atoms with Crippen LogP contribution in [0.4, 0.5) is 0 Å². The van der Waals surface area contributed by atoms with Crippen molar-refractivity contribution in [3.63, 3.8) is 0 Å². The van der Waals surface area contributed by atoms with Crippen molar-refractivity contribution in [3.8, 4) is 11.5 Å². The summed E-state index contributed by atoms with van der Waals surface area (Å²) in [7, 11) is 3.19. The van der Waals surface area contributed by atoms with E-state index in [1.165, 1.54) is 5.56 Å². The average molecular weight is 384 g/mol. The number of amides is 1. The van der Waals surface area contributed by atoms with Crippen LogP contribution in [0.25, 0.3) is 0 Å². The van der Waals surface area contributed by atoms with Crippen molar-refractivity contribution in [1.29, 1.82) is 0 Å². The van der Waals surface area contributed by atoms with Gasteiger partial charge in [0.1, 0.15) is 0 Å². The summed E-state index contributed by atoms with van der Waals surface area (Å²) in [6, 6.07) is 15.8. The smallest absolute Gasteiger partial charge is 0.224 e. The summed E-state index contributed by atoms with van der Waals surface area (Å²) in [4.78, 5) is 14.6. The van der Waals surface area contributed by atoms with Crippen LogP contribution in [0.1, 0.15) is 17.2 Å². The predicted molar refractivity (Wildman–Crippen MR) is 108 cm³/mol. The fraction of sp³-hybridized carbons (Fsp3) is 0.409. The van der Waals surface area contributed by atoms with Crippen molar-refractivity contribution in [3.05, 3.63) is 59.7 Å². The maximum Gasteiger partial charge on any atom is 0.224 e. The van der Waals surface area contributed by atoms with Crippen molar-refractivity contribution in [2.75, 3.05) is 47.0 Å². The molecule has 2 aromatic carbocycles. The van der Waals surface area contributed by atoms with Crippen LogP contribution in [0.2, 0.25) is 0 Å². The van der Waals surface area contributed by atoms with Gasteiger partial charge in [0.15, 0.2) is 11.5 Å². The Morgan fingerprint density at radius 1 is 1.14 bits per heavy atom. The quantitative estimate of drug-likeness (QED) is 0.758. The molecule has 1 unspecified atom stereocenters. The Balaban J connectivity index is 1.44. The average Bonchev–Trinajstić information content (AvgIpc) is 2.74. The minimum absolute atomic E-state index is 0.0000821. The second-order valence-electron chi connectivity index (χ2n) is 6.79. The fourth-order valence-electron chi connectivity index (χ4n) is 3.37. The third-order valence-corrected chi connectivity index (χ3v) is 4.88. The van der Waals surface area contributed by atoms with E-state index in [0.717, 1.165) is 25.2 Å². The van der Waals surface area contributed by atoms with Crippen LogP contribution in [0.3, 0.4) is 0 Å². The van der Waals surface area contributed by atoms with Crippen LogP contribution in [0.5, 0.6) is 11.5 Å². The normalized spacial score (nSPS) is 17.1. The molecule has 1 aliphatic heterocycles. The summed E-state index contributed by atoms with van der Waals surface area (Å²) in [5.41, 5.74) is 2.09. The van der Waals surface area contributed by atoms with Crippen molar-refractivity contribution in [2.45, 2.75) is 12.5 Å². The number of carbonyl (C=O) groups is 1. The molecule has 0 spiro atoms. The van der Waals surface area contributed by atoms with Gasteiger partial charge in [-0.05, 0) is 23.3 Å². The first-order valence-electron chi connectivity index (χ1n) is 9.56. The highest BCUT2D eigenvalue weighted by atomic mass is 16.5. The van der Waals surface area contributed by atoms with Gasteiger partial charge < -0.3 is 19.5 Å². The van der Waals surface area contributed by atoms with Gasteiger partial charge in [-0.15, -0.1) is 0 Å². The number of hydrogen-bond acceptors (Lipinski definition) is 5. The Morgan fingerprint density at radius 2 is 1.93 bits per heavy atom. The second kappa shape index (κ2) is 10.1. The number of nitrogens with one attached hydrogen (secondary N) is 1. The van der Waals surface area contributed by atoms with Gasteiger partial charge in [0.2, 0.25) is 5.91 Å². The summed E-state index contributed by atoms with van der Waals surface area (Å²) in [5, 5.41) is 3.01. The van der Waals surface area contributed by atoms with Gasteiger partial charge in [0.25, 0.3) is 0 Å². The van der Waals surface area contributed by atoms with E-state index in [1.807, 2.05) is 36.4 Å². The number of hydrogen-bond donors (Lipinski definition) is 1. The summed E-state index contributed by atoms with van der Waals surface area (Å²) in [6.45, 7) is 3.86. The lowest BCUT2D eigenvalue weighted by atomic mass is 10.1. The topological polar surface area (TPSA) is 60.0 Å². The van der Waals surface area contributed by atoms with Crippen molar-refractivity contribution in [1.82, 2.24) is 10.2 Å². The molecule has 6 heteroatoms. The van der Waals surface area contributed by atoms with Crippen LogP contribution in [-0.2, 0) is 16.0 Å². The van der Waals surface area contributed by atoms with Crippen LogP contribution in [0, 0.1) is 0 Å². The van der Waals surface area contributed by atoms with Gasteiger partial charge in [-0.1, -0.05) is 36.4 Å². The van der Waals surface area contributed by atoms with Crippen LogP contribution >= 0.6 is 0 Å². The van der Waals surface area contributed by atoms with Gasteiger partial charge in [0, 0.05) is 26.2 Å². The number of carbonyl (C=O) groups excluding carboxylic acids is 1. The van der Waals surface area contributed by atoms with E-state index in [9.17, 15) is 4.79 Å². The molecule has 0 aliphatic carbocycles. The molecular weight excluding hydrogens is 356 g/mol.